The number of rotatable bonds is 18. The maximum atomic E-state index is 13.3. The van der Waals surface area contributed by atoms with Crippen molar-refractivity contribution in [3.05, 3.63) is 87.6 Å². The van der Waals surface area contributed by atoms with Crippen molar-refractivity contribution in [2.24, 2.45) is 0 Å². The smallest absolute Gasteiger partial charge is 0.262 e. The van der Waals surface area contributed by atoms with Crippen molar-refractivity contribution in [2.45, 2.75) is 96.9 Å². The summed E-state index contributed by atoms with van der Waals surface area (Å²) in [5.41, 5.74) is 4.01. The van der Waals surface area contributed by atoms with E-state index < -0.39 is 6.04 Å². The van der Waals surface area contributed by atoms with Crippen LogP contribution in [0.3, 0.4) is 0 Å². The maximum absolute atomic E-state index is 13.3. The van der Waals surface area contributed by atoms with Crippen molar-refractivity contribution in [1.82, 2.24) is 25.5 Å². The van der Waals surface area contributed by atoms with Gasteiger partial charge in [-0.25, -0.2) is 9.97 Å². The number of thiophene rings is 1. The van der Waals surface area contributed by atoms with Gasteiger partial charge >= 0.3 is 0 Å². The predicted octanol–water partition coefficient (Wildman–Crippen LogP) is 7.96. The lowest BCUT2D eigenvalue weighted by Crippen LogP contribution is -2.48. The van der Waals surface area contributed by atoms with Crippen LogP contribution >= 0.6 is 11.3 Å². The summed E-state index contributed by atoms with van der Waals surface area (Å²) < 4.78 is 5.99. The number of allylic oxidation sites excluding steroid dienone is 4. The molecule has 264 valence electrons. The van der Waals surface area contributed by atoms with Gasteiger partial charge in [0.25, 0.3) is 5.91 Å². The summed E-state index contributed by atoms with van der Waals surface area (Å²) in [6, 6.07) is 11.0. The lowest BCUT2D eigenvalue weighted by Gasteiger charge is -2.19. The first-order valence-corrected chi connectivity index (χ1v) is 18.6. The second-order valence-electron chi connectivity index (χ2n) is 14.2. The highest BCUT2D eigenvalue weighted by Crippen LogP contribution is 2.30. The van der Waals surface area contributed by atoms with Crippen LogP contribution in [0.5, 0.6) is 0 Å². The van der Waals surface area contributed by atoms with Gasteiger partial charge in [0.1, 0.15) is 6.04 Å². The zero-order chi connectivity index (χ0) is 35.2. The number of benzene rings is 1. The molecule has 1 aromatic carbocycles. The molecule has 3 aromatic rings. The summed E-state index contributed by atoms with van der Waals surface area (Å²) in [4.78, 5) is 39.7. The normalized spacial score (nSPS) is 13.9. The third-order valence-electron chi connectivity index (χ3n) is 8.59. The molecule has 2 aromatic heterocycles. The van der Waals surface area contributed by atoms with E-state index in [1.165, 1.54) is 42.6 Å². The van der Waals surface area contributed by atoms with Crippen LogP contribution in [0, 0.1) is 0 Å². The molecule has 2 amide bonds. The van der Waals surface area contributed by atoms with Crippen LogP contribution in [0.25, 0.3) is 17.0 Å². The van der Waals surface area contributed by atoms with Gasteiger partial charge in [-0.2, -0.15) is 0 Å². The molecule has 0 radical (unpaired) electrons. The molecular weight excluding hydrogens is 631 g/mol. The maximum Gasteiger partial charge on any atom is 0.262 e. The molecule has 8 nitrogen and oxygen atoms in total. The molecule has 49 heavy (non-hydrogen) atoms. The minimum atomic E-state index is -0.706. The van der Waals surface area contributed by atoms with Gasteiger partial charge in [0.15, 0.2) is 5.82 Å². The third kappa shape index (κ3) is 12.2. The Bertz CT molecular complexity index is 1550. The molecule has 9 heteroatoms. The van der Waals surface area contributed by atoms with Gasteiger partial charge in [-0.15, -0.1) is 11.3 Å². The number of amides is 2. The Balaban J connectivity index is 1.37. The Kier molecular flexibility index (Phi) is 14.6. The molecule has 0 unspecified atom stereocenters. The van der Waals surface area contributed by atoms with Gasteiger partial charge in [0.05, 0.1) is 17.2 Å². The largest absolute Gasteiger partial charge is 0.498 e. The number of unbranched alkanes of at least 4 members (excludes halogenated alkanes) is 4. The number of ether oxygens (including phenoxy) is 1. The summed E-state index contributed by atoms with van der Waals surface area (Å²) >= 11 is 1.47. The second-order valence-corrected chi connectivity index (χ2v) is 15.3. The molecule has 1 aliphatic carbocycles. The van der Waals surface area contributed by atoms with Gasteiger partial charge in [-0.1, -0.05) is 83.7 Å². The third-order valence-corrected chi connectivity index (χ3v) is 10.1. The first-order valence-electron chi connectivity index (χ1n) is 17.8. The first kappa shape index (κ1) is 38.0. The molecule has 0 aliphatic heterocycles. The number of aromatic nitrogens is 2. The topological polar surface area (TPSA) is 96.4 Å². The lowest BCUT2D eigenvalue weighted by atomic mass is 9.95. The molecule has 4 rings (SSSR count). The van der Waals surface area contributed by atoms with Crippen molar-refractivity contribution >= 4 is 28.7 Å². The zero-order valence-electron chi connectivity index (χ0n) is 30.3. The Morgan fingerprint density at radius 2 is 1.65 bits per heavy atom. The van der Waals surface area contributed by atoms with Gasteiger partial charge < -0.3 is 20.3 Å². The highest BCUT2D eigenvalue weighted by Gasteiger charge is 2.24. The Hall–Kier alpha value is -3.82. The van der Waals surface area contributed by atoms with Crippen molar-refractivity contribution in [3.63, 3.8) is 0 Å². The number of carbonyl (C=O) groups is 2. The summed E-state index contributed by atoms with van der Waals surface area (Å²) in [7, 11) is 4.02. The standard InChI is InChI=1S/C40H55N5O3S/c1-7-8-9-10-11-25-48-33-19-17-30(18-20-33)32-27-42-37(43-28-32)31-15-13-29(14-16-31)26-34(38(46)41-23-12-24-45(5)6)44-39(47)35-21-22-36(49-35)40(2,3)4/h13-17,19,21-22,27-28,34H,7-12,18,20,23-26H2,1-6H3,(H,41,46)(H,44,47)/t34-/m0/s1. The molecule has 0 saturated heterocycles. The van der Waals surface area contributed by atoms with Crippen molar-refractivity contribution < 1.29 is 14.3 Å². The molecule has 2 N–H and O–H groups in total. The summed E-state index contributed by atoms with van der Waals surface area (Å²) in [5, 5.41) is 6.03. The summed E-state index contributed by atoms with van der Waals surface area (Å²) in [6.07, 6.45) is 17.2. The highest BCUT2D eigenvalue weighted by atomic mass is 32.1. The van der Waals surface area contributed by atoms with E-state index in [-0.39, 0.29) is 17.2 Å². The van der Waals surface area contributed by atoms with Gasteiger partial charge in [0, 0.05) is 47.8 Å². The van der Waals surface area contributed by atoms with Crippen LogP contribution in [-0.4, -0.2) is 66.5 Å². The van der Waals surface area contributed by atoms with Gasteiger partial charge in [-0.05, 0) is 74.7 Å². The van der Waals surface area contributed by atoms with E-state index >= 15 is 0 Å². The number of hydrogen-bond acceptors (Lipinski definition) is 7. The first-order chi connectivity index (χ1) is 23.5. The monoisotopic (exact) mass is 685 g/mol. The van der Waals surface area contributed by atoms with Crippen LogP contribution < -0.4 is 10.6 Å². The number of hydrogen-bond donors (Lipinski definition) is 2. The van der Waals surface area contributed by atoms with Gasteiger partial charge in [0.2, 0.25) is 5.91 Å². The zero-order valence-corrected chi connectivity index (χ0v) is 31.1. The van der Waals surface area contributed by atoms with Crippen LogP contribution in [0.2, 0.25) is 0 Å². The van der Waals surface area contributed by atoms with E-state index in [4.69, 9.17) is 4.74 Å². The van der Waals surface area contributed by atoms with Crippen LogP contribution in [0.15, 0.2) is 66.7 Å². The molecular formula is C40H55N5O3S. The number of nitrogens with zero attached hydrogens (tertiary/aromatic N) is 3. The fraction of sp³-hybridized carbons (Fsp3) is 0.500. The molecule has 0 saturated carbocycles. The van der Waals surface area contributed by atoms with Gasteiger partial charge in [-0.3, -0.25) is 9.59 Å². The Morgan fingerprint density at radius 1 is 0.918 bits per heavy atom. The summed E-state index contributed by atoms with van der Waals surface area (Å²) in [6.45, 7) is 10.8. The van der Waals surface area contributed by atoms with E-state index in [1.807, 2.05) is 62.9 Å². The number of nitrogens with one attached hydrogen (secondary N) is 2. The predicted molar refractivity (Wildman–Crippen MR) is 202 cm³/mol. The minimum absolute atomic E-state index is 0.0468. The molecule has 2 heterocycles. The Morgan fingerprint density at radius 3 is 2.29 bits per heavy atom. The Labute approximate surface area is 297 Å². The number of carbonyl (C=O) groups excluding carboxylic acids is 2. The SMILES string of the molecule is CCCCCCCOC1=CC=C(c2cnc(-c3ccc(C[C@H](NC(=O)c4ccc(C(C)(C)C)s4)C(=O)NCCCN(C)C)cc3)nc2)CC1. The van der Waals surface area contributed by atoms with Crippen LogP contribution in [0.1, 0.15) is 105 Å². The fourth-order valence-corrected chi connectivity index (χ4v) is 6.55. The molecule has 0 bridgehead atoms. The van der Waals surface area contributed by atoms with E-state index in [0.717, 1.165) is 66.2 Å². The van der Waals surface area contributed by atoms with E-state index in [1.54, 1.807) is 0 Å². The average molecular weight is 686 g/mol. The average Bonchev–Trinajstić information content (AvgIpc) is 3.60. The van der Waals surface area contributed by atoms with Crippen LogP contribution in [-0.2, 0) is 21.4 Å². The van der Waals surface area contributed by atoms with Crippen molar-refractivity contribution in [2.75, 3.05) is 33.8 Å². The van der Waals surface area contributed by atoms with E-state index in [2.05, 4.69) is 65.3 Å². The summed E-state index contributed by atoms with van der Waals surface area (Å²) in [5.74, 6) is 1.28. The highest BCUT2D eigenvalue weighted by molar-refractivity contribution is 7.14. The van der Waals surface area contributed by atoms with E-state index in [9.17, 15) is 9.59 Å². The molecule has 1 atom stereocenters. The minimum Gasteiger partial charge on any atom is -0.498 e. The van der Waals surface area contributed by atoms with Crippen molar-refractivity contribution in [1.29, 1.82) is 0 Å². The fourth-order valence-electron chi connectivity index (χ4n) is 5.59. The quantitative estimate of drug-likeness (QED) is 0.132. The second kappa shape index (κ2) is 18.8. The molecule has 0 fully saturated rings. The van der Waals surface area contributed by atoms with E-state index in [0.29, 0.717) is 23.7 Å². The lowest BCUT2D eigenvalue weighted by molar-refractivity contribution is -0.122. The molecule has 1 aliphatic rings. The van der Waals surface area contributed by atoms with Crippen LogP contribution in [0.4, 0.5) is 0 Å². The van der Waals surface area contributed by atoms with Crippen molar-refractivity contribution in [3.8, 4) is 11.4 Å². The molecule has 0 spiro atoms.